The number of carbonyl (C=O) groups is 1. The van der Waals surface area contributed by atoms with E-state index in [9.17, 15) is 9.59 Å². The second-order valence-electron chi connectivity index (χ2n) is 6.52. The monoisotopic (exact) mass is 390 g/mol. The molecule has 4 aromatic rings. The molecule has 0 aliphatic carbocycles. The van der Waals surface area contributed by atoms with Gasteiger partial charge in [-0.2, -0.15) is 0 Å². The van der Waals surface area contributed by atoms with Crippen molar-refractivity contribution >= 4 is 27.5 Å². The Morgan fingerprint density at radius 2 is 1.86 bits per heavy atom. The van der Waals surface area contributed by atoms with Crippen molar-refractivity contribution < 1.29 is 9.53 Å². The quantitative estimate of drug-likeness (QED) is 0.480. The molecule has 2 heterocycles. The van der Waals surface area contributed by atoms with Gasteiger partial charge in [-0.1, -0.05) is 60.2 Å². The van der Waals surface area contributed by atoms with E-state index in [0.717, 1.165) is 22.3 Å². The van der Waals surface area contributed by atoms with Gasteiger partial charge >= 0.3 is 5.97 Å². The minimum absolute atomic E-state index is 0.169. The van der Waals surface area contributed by atoms with Crippen molar-refractivity contribution in [2.45, 2.75) is 20.1 Å². The topological polar surface area (TPSA) is 61.2 Å². The Hall–Kier alpha value is -3.25. The molecule has 140 valence electrons. The molecule has 4 rings (SSSR count). The Morgan fingerprint density at radius 1 is 1.11 bits per heavy atom. The summed E-state index contributed by atoms with van der Waals surface area (Å²) in [5, 5.41) is 2.47. The first kappa shape index (κ1) is 18.1. The van der Waals surface area contributed by atoms with Crippen LogP contribution in [0.15, 0.2) is 71.1 Å². The molecule has 0 spiro atoms. The Labute approximate surface area is 165 Å². The predicted octanol–water partition coefficient (Wildman–Crippen LogP) is 4.18. The number of aryl methyl sites for hydroxylation is 1. The summed E-state index contributed by atoms with van der Waals surface area (Å²) in [6.45, 7) is 2.03. The first-order chi connectivity index (χ1) is 13.6. The number of hydrogen-bond acceptors (Lipinski definition) is 5. The average molecular weight is 390 g/mol. The number of carbonyl (C=O) groups excluding carboxylic acids is 1. The molecule has 0 saturated carbocycles. The van der Waals surface area contributed by atoms with Gasteiger partial charge in [-0.25, -0.2) is 4.98 Å². The fourth-order valence-electron chi connectivity index (χ4n) is 2.95. The first-order valence-electron chi connectivity index (χ1n) is 8.85. The molecular weight excluding hydrogens is 372 g/mol. The minimum atomic E-state index is -0.473. The lowest BCUT2D eigenvalue weighted by Gasteiger charge is -2.07. The lowest BCUT2D eigenvalue weighted by Crippen LogP contribution is -2.25. The van der Waals surface area contributed by atoms with Gasteiger partial charge in [0.25, 0.3) is 5.56 Å². The maximum Gasteiger partial charge on any atom is 0.326 e. The first-order valence-corrected chi connectivity index (χ1v) is 9.73. The van der Waals surface area contributed by atoms with Crippen molar-refractivity contribution in [2.24, 2.45) is 0 Å². The van der Waals surface area contributed by atoms with E-state index in [-0.39, 0.29) is 18.7 Å². The number of benzene rings is 2. The molecule has 0 unspecified atom stereocenters. The summed E-state index contributed by atoms with van der Waals surface area (Å²) in [5.41, 5.74) is 3.61. The number of ether oxygens (including phenoxy) is 1. The number of hydrogen-bond donors (Lipinski definition) is 0. The maximum absolute atomic E-state index is 13.0. The van der Waals surface area contributed by atoms with Gasteiger partial charge < -0.3 is 4.74 Å². The molecule has 0 N–H and O–H groups in total. The summed E-state index contributed by atoms with van der Waals surface area (Å²) < 4.78 is 6.59. The van der Waals surface area contributed by atoms with E-state index in [4.69, 9.17) is 4.74 Å². The van der Waals surface area contributed by atoms with Crippen LogP contribution in [0.1, 0.15) is 11.1 Å². The van der Waals surface area contributed by atoms with Crippen molar-refractivity contribution in [2.75, 3.05) is 0 Å². The highest BCUT2D eigenvalue weighted by Gasteiger charge is 2.15. The van der Waals surface area contributed by atoms with Gasteiger partial charge in [0.1, 0.15) is 18.0 Å². The van der Waals surface area contributed by atoms with Gasteiger partial charge in [0.05, 0.1) is 11.7 Å². The molecule has 2 aromatic carbocycles. The molecule has 0 aliphatic rings. The van der Waals surface area contributed by atoms with Crippen LogP contribution >= 0.6 is 11.3 Å². The Morgan fingerprint density at radius 3 is 2.61 bits per heavy atom. The molecule has 0 atom stereocenters. The molecule has 0 aliphatic heterocycles. The van der Waals surface area contributed by atoms with Crippen LogP contribution in [0.5, 0.6) is 0 Å². The second kappa shape index (κ2) is 7.78. The lowest BCUT2D eigenvalue weighted by molar-refractivity contribution is -0.145. The lowest BCUT2D eigenvalue weighted by atomic mass is 10.1. The SMILES string of the molecule is Cc1ccc(-c2csc3ncn(CC(=O)OCc4ccccc4)c(=O)c23)cc1. The number of aromatic nitrogens is 2. The van der Waals surface area contributed by atoms with Crippen LogP contribution in [0.25, 0.3) is 21.3 Å². The molecule has 0 amide bonds. The molecule has 0 saturated heterocycles. The molecular formula is C22H18N2O3S. The van der Waals surface area contributed by atoms with Crippen LogP contribution in [0.2, 0.25) is 0 Å². The molecule has 0 fully saturated rings. The smallest absolute Gasteiger partial charge is 0.326 e. The highest BCUT2D eigenvalue weighted by atomic mass is 32.1. The van der Waals surface area contributed by atoms with Crippen LogP contribution in [-0.2, 0) is 22.7 Å². The van der Waals surface area contributed by atoms with E-state index in [0.29, 0.717) is 10.2 Å². The fraction of sp³-hybridized carbons (Fsp3) is 0.136. The zero-order chi connectivity index (χ0) is 19.5. The second-order valence-corrected chi connectivity index (χ2v) is 7.38. The van der Waals surface area contributed by atoms with Crippen molar-refractivity contribution in [1.29, 1.82) is 0 Å². The van der Waals surface area contributed by atoms with E-state index in [1.165, 1.54) is 22.2 Å². The van der Waals surface area contributed by atoms with E-state index in [1.807, 2.05) is 66.9 Å². The van der Waals surface area contributed by atoms with Crippen LogP contribution < -0.4 is 5.56 Å². The van der Waals surface area contributed by atoms with Gasteiger partial charge in [-0.05, 0) is 18.1 Å². The summed E-state index contributed by atoms with van der Waals surface area (Å²) in [6.07, 6.45) is 1.41. The van der Waals surface area contributed by atoms with Gasteiger partial charge in [-0.15, -0.1) is 11.3 Å². The van der Waals surface area contributed by atoms with Gasteiger partial charge in [0.15, 0.2) is 0 Å². The zero-order valence-electron chi connectivity index (χ0n) is 15.3. The van der Waals surface area contributed by atoms with E-state index in [1.54, 1.807) is 0 Å². The highest BCUT2D eigenvalue weighted by Crippen LogP contribution is 2.30. The number of thiophene rings is 1. The highest BCUT2D eigenvalue weighted by molar-refractivity contribution is 7.17. The number of esters is 1. The predicted molar refractivity (Wildman–Crippen MR) is 110 cm³/mol. The Balaban J connectivity index is 1.59. The summed E-state index contributed by atoms with van der Waals surface area (Å²) in [4.78, 5) is 30.2. The van der Waals surface area contributed by atoms with Crippen molar-refractivity contribution in [3.05, 3.63) is 87.8 Å². The van der Waals surface area contributed by atoms with Crippen LogP contribution in [0, 0.1) is 6.92 Å². The third kappa shape index (κ3) is 3.73. The summed E-state index contributed by atoms with van der Waals surface area (Å²) in [7, 11) is 0. The van der Waals surface area contributed by atoms with Crippen LogP contribution in [0.3, 0.4) is 0 Å². The molecule has 6 heteroatoms. The van der Waals surface area contributed by atoms with E-state index in [2.05, 4.69) is 4.98 Å². The third-order valence-electron chi connectivity index (χ3n) is 4.47. The number of fused-ring (bicyclic) bond motifs is 1. The fourth-order valence-corrected chi connectivity index (χ4v) is 3.86. The molecule has 5 nitrogen and oxygen atoms in total. The van der Waals surface area contributed by atoms with Crippen molar-refractivity contribution in [3.8, 4) is 11.1 Å². The summed E-state index contributed by atoms with van der Waals surface area (Å²) in [5.74, 6) is -0.473. The molecule has 0 radical (unpaired) electrons. The number of rotatable bonds is 5. The van der Waals surface area contributed by atoms with Gasteiger partial charge in [0.2, 0.25) is 0 Å². The molecule has 2 aromatic heterocycles. The Bertz CT molecular complexity index is 1180. The number of nitrogens with zero attached hydrogens (tertiary/aromatic N) is 2. The summed E-state index contributed by atoms with van der Waals surface area (Å²) >= 11 is 1.42. The zero-order valence-corrected chi connectivity index (χ0v) is 16.1. The van der Waals surface area contributed by atoms with E-state index >= 15 is 0 Å². The maximum atomic E-state index is 13.0. The molecule has 0 bridgehead atoms. The normalized spacial score (nSPS) is 10.9. The van der Waals surface area contributed by atoms with Gasteiger partial charge in [0, 0.05) is 10.9 Å². The van der Waals surface area contributed by atoms with Gasteiger partial charge in [-0.3, -0.25) is 14.2 Å². The van der Waals surface area contributed by atoms with Crippen molar-refractivity contribution in [1.82, 2.24) is 9.55 Å². The minimum Gasteiger partial charge on any atom is -0.459 e. The summed E-state index contributed by atoms with van der Waals surface area (Å²) in [6, 6.07) is 17.4. The van der Waals surface area contributed by atoms with Crippen LogP contribution in [-0.4, -0.2) is 15.5 Å². The standard InChI is InChI=1S/C22H18N2O3S/c1-15-7-9-17(10-8-15)18-13-28-21-20(18)22(26)24(14-23-21)11-19(25)27-12-16-5-3-2-4-6-16/h2-10,13-14H,11-12H2,1H3. The average Bonchev–Trinajstić information content (AvgIpc) is 3.15. The van der Waals surface area contributed by atoms with E-state index < -0.39 is 5.97 Å². The molecule has 28 heavy (non-hydrogen) atoms. The third-order valence-corrected chi connectivity index (χ3v) is 5.35. The van der Waals surface area contributed by atoms with Crippen LogP contribution in [0.4, 0.5) is 0 Å². The Kier molecular flexibility index (Phi) is 5.04. The van der Waals surface area contributed by atoms with Crippen molar-refractivity contribution in [3.63, 3.8) is 0 Å². The largest absolute Gasteiger partial charge is 0.459 e.